The first kappa shape index (κ1) is 40.4. The fourth-order valence-corrected chi connectivity index (χ4v) is 7.24. The monoisotopic (exact) mass is 762 g/mol. The van der Waals surface area contributed by atoms with E-state index in [9.17, 15) is 29.4 Å². The number of methoxy groups -OCH3 is 2. The number of hydrogen-bond acceptors (Lipinski definition) is 11. The summed E-state index contributed by atoms with van der Waals surface area (Å²) in [6.45, 7) is 3.58. The van der Waals surface area contributed by atoms with Crippen LogP contribution in [0.5, 0.6) is 0 Å². The number of aromatic nitrogens is 2. The first-order valence-corrected chi connectivity index (χ1v) is 19.2. The summed E-state index contributed by atoms with van der Waals surface area (Å²) in [4.78, 5) is 60.3. The summed E-state index contributed by atoms with van der Waals surface area (Å²) in [6.07, 6.45) is 8.60. The molecule has 1 amide bonds. The first-order chi connectivity index (χ1) is 27.1. The highest BCUT2D eigenvalue weighted by Gasteiger charge is 2.30. The quantitative estimate of drug-likeness (QED) is 0.0741. The van der Waals surface area contributed by atoms with E-state index in [1.807, 2.05) is 62.4 Å². The molecule has 12 nitrogen and oxygen atoms in total. The number of aliphatic hydroxyl groups is 2. The second-order valence-corrected chi connectivity index (χ2v) is 14.8. The van der Waals surface area contributed by atoms with Crippen LogP contribution in [0.25, 0.3) is 11.1 Å². The third-order valence-electron chi connectivity index (χ3n) is 11.0. The minimum absolute atomic E-state index is 0.104. The lowest BCUT2D eigenvalue weighted by Crippen LogP contribution is -2.40. The van der Waals surface area contributed by atoms with E-state index >= 15 is 0 Å². The third-order valence-corrected chi connectivity index (χ3v) is 11.0. The summed E-state index contributed by atoms with van der Waals surface area (Å²) in [5, 5.41) is 25.4. The molecule has 12 heteroatoms. The van der Waals surface area contributed by atoms with Gasteiger partial charge in [-0.25, -0.2) is 0 Å². The molecule has 2 atom stereocenters. The number of ether oxygens (including phenoxy) is 2. The molecule has 2 saturated carbocycles. The Hall–Kier alpha value is -5.30. The molecule has 0 bridgehead atoms. The molecule has 6 rings (SSSR count). The van der Waals surface area contributed by atoms with Crippen LogP contribution < -0.4 is 10.6 Å². The van der Waals surface area contributed by atoms with Gasteiger partial charge in [0.2, 0.25) is 0 Å². The third kappa shape index (κ3) is 9.38. The highest BCUT2D eigenvalue weighted by Crippen LogP contribution is 2.43. The van der Waals surface area contributed by atoms with Gasteiger partial charge in [0.05, 0.1) is 33.4 Å². The number of carbonyl (C=O) groups excluding carboxylic acids is 4. The van der Waals surface area contributed by atoms with E-state index in [0.29, 0.717) is 48.3 Å². The lowest BCUT2D eigenvalue weighted by atomic mass is 9.90. The van der Waals surface area contributed by atoms with Crippen LogP contribution in [-0.2, 0) is 38.4 Å². The van der Waals surface area contributed by atoms with Crippen molar-refractivity contribution in [3.05, 3.63) is 111 Å². The fourth-order valence-electron chi connectivity index (χ4n) is 7.24. The predicted molar refractivity (Wildman–Crippen MR) is 210 cm³/mol. The van der Waals surface area contributed by atoms with Crippen molar-refractivity contribution in [2.75, 3.05) is 32.8 Å². The highest BCUT2D eigenvalue weighted by atomic mass is 16.5. The summed E-state index contributed by atoms with van der Waals surface area (Å²) in [7, 11) is 2.59. The maximum Gasteiger partial charge on any atom is 0.325 e. The van der Waals surface area contributed by atoms with Crippen molar-refractivity contribution in [3.8, 4) is 11.1 Å². The standard InChI is InChI=1S/C44H50N4O8/c1-25-29(17-41(51)38-18-36(28-13-14-28)32(21-45-38)22-47-40(24-50)44(54)56-4)7-5-8-33(25)34-9-6-10-37(26(34)2)48-42(52)39-19-35(27-11-12-27)30(20-46-39)15-16-31(23-49)43(53)55-3/h5-10,18-21,27-28,31,40,47,49-50H,11-17,22-24H2,1-4H3,(H,48,52)/t31-,40-/m1/s1. The molecule has 2 aliphatic carbocycles. The Morgan fingerprint density at radius 3 is 2.02 bits per heavy atom. The summed E-state index contributed by atoms with van der Waals surface area (Å²) >= 11 is 0. The van der Waals surface area contributed by atoms with E-state index in [4.69, 9.17) is 9.47 Å². The van der Waals surface area contributed by atoms with Crippen molar-refractivity contribution in [2.24, 2.45) is 5.92 Å². The molecule has 4 N–H and O–H groups in total. The minimum atomic E-state index is -0.849. The van der Waals surface area contributed by atoms with Gasteiger partial charge in [-0.2, -0.15) is 0 Å². The Labute approximate surface area is 327 Å². The number of hydrogen-bond donors (Lipinski definition) is 4. The zero-order valence-electron chi connectivity index (χ0n) is 32.4. The zero-order valence-corrected chi connectivity index (χ0v) is 32.4. The van der Waals surface area contributed by atoms with Gasteiger partial charge in [-0.15, -0.1) is 0 Å². The van der Waals surface area contributed by atoms with Crippen LogP contribution in [0.2, 0.25) is 0 Å². The average Bonchev–Trinajstić information content (AvgIpc) is 4.15. The number of aliphatic hydroxyl groups excluding tert-OH is 2. The van der Waals surface area contributed by atoms with E-state index in [-0.39, 0.29) is 24.7 Å². The Morgan fingerprint density at radius 1 is 0.768 bits per heavy atom. The number of amides is 1. The zero-order chi connectivity index (χ0) is 39.9. The average molecular weight is 763 g/mol. The van der Waals surface area contributed by atoms with Crippen molar-refractivity contribution in [1.29, 1.82) is 0 Å². The second kappa shape index (κ2) is 18.1. The molecule has 0 unspecified atom stereocenters. The van der Waals surface area contributed by atoms with Gasteiger partial charge in [-0.1, -0.05) is 30.3 Å². The Bertz CT molecular complexity index is 1960. The van der Waals surface area contributed by atoms with Crippen LogP contribution in [0.3, 0.4) is 0 Å². The molecule has 2 aromatic heterocycles. The summed E-state index contributed by atoms with van der Waals surface area (Å²) < 4.78 is 9.58. The number of pyridine rings is 2. The summed E-state index contributed by atoms with van der Waals surface area (Å²) in [6, 6.07) is 14.5. The van der Waals surface area contributed by atoms with Crippen LogP contribution >= 0.6 is 0 Å². The Balaban J connectivity index is 1.16. The number of ketones is 1. The summed E-state index contributed by atoms with van der Waals surface area (Å²) in [5.74, 6) is -1.36. The molecule has 0 aliphatic heterocycles. The van der Waals surface area contributed by atoms with E-state index in [0.717, 1.165) is 75.8 Å². The predicted octanol–water partition coefficient (Wildman–Crippen LogP) is 5.53. The molecular formula is C44H50N4O8. The highest BCUT2D eigenvalue weighted by molar-refractivity contribution is 6.04. The second-order valence-electron chi connectivity index (χ2n) is 14.8. The molecular weight excluding hydrogens is 713 g/mol. The number of aryl methyl sites for hydroxylation is 1. The van der Waals surface area contributed by atoms with Crippen molar-refractivity contribution in [3.63, 3.8) is 0 Å². The molecule has 2 heterocycles. The van der Waals surface area contributed by atoms with Crippen molar-refractivity contribution < 1.29 is 38.9 Å². The number of esters is 2. The van der Waals surface area contributed by atoms with Gasteiger partial charge in [-0.3, -0.25) is 34.5 Å². The van der Waals surface area contributed by atoms with Crippen molar-refractivity contribution in [2.45, 2.75) is 83.2 Å². The Kier molecular flexibility index (Phi) is 13.0. The molecule has 2 aliphatic rings. The van der Waals surface area contributed by atoms with E-state index in [2.05, 4.69) is 20.6 Å². The lowest BCUT2D eigenvalue weighted by Gasteiger charge is -2.17. The number of Topliss-reactive ketones (excluding diaryl/α,β-unsaturated/α-hetero) is 1. The topological polar surface area (TPSA) is 177 Å². The van der Waals surface area contributed by atoms with Gasteiger partial charge in [0, 0.05) is 31.0 Å². The fraction of sp³-hybridized carbons (Fsp3) is 0.409. The summed E-state index contributed by atoms with van der Waals surface area (Å²) in [5.41, 5.74) is 9.86. The van der Waals surface area contributed by atoms with Gasteiger partial charge < -0.3 is 25.0 Å². The van der Waals surface area contributed by atoms with Gasteiger partial charge in [0.1, 0.15) is 17.4 Å². The van der Waals surface area contributed by atoms with Crippen LogP contribution in [0.4, 0.5) is 5.69 Å². The van der Waals surface area contributed by atoms with Crippen molar-refractivity contribution in [1.82, 2.24) is 15.3 Å². The van der Waals surface area contributed by atoms with Gasteiger partial charge in [0.15, 0.2) is 5.78 Å². The molecule has 2 fully saturated rings. The largest absolute Gasteiger partial charge is 0.469 e. The number of nitrogens with one attached hydrogen (secondary N) is 2. The number of anilines is 1. The van der Waals surface area contributed by atoms with Crippen LogP contribution in [0.15, 0.2) is 60.9 Å². The normalized spacial score (nSPS) is 14.8. The SMILES string of the molecule is COC(=O)[C@@H](CO)CCc1cnc(C(=O)Nc2cccc(-c3cccc(CC(=O)c4cc(C5CC5)c(CN[C@H](CO)C(=O)OC)cn4)c3C)c2C)cc1C1CC1. The van der Waals surface area contributed by atoms with Crippen LogP contribution in [0.1, 0.15) is 104 Å². The number of nitrogens with zero attached hydrogens (tertiary/aromatic N) is 2. The molecule has 0 spiro atoms. The van der Waals surface area contributed by atoms with Crippen LogP contribution in [0, 0.1) is 19.8 Å². The van der Waals surface area contributed by atoms with E-state index in [1.54, 1.807) is 12.4 Å². The maximum absolute atomic E-state index is 13.7. The number of rotatable bonds is 18. The Morgan fingerprint density at radius 2 is 1.38 bits per heavy atom. The van der Waals surface area contributed by atoms with Gasteiger partial charge in [0.25, 0.3) is 5.91 Å². The van der Waals surface area contributed by atoms with Gasteiger partial charge >= 0.3 is 11.9 Å². The molecule has 0 saturated heterocycles. The number of carbonyl (C=O) groups is 4. The van der Waals surface area contributed by atoms with Gasteiger partial charge in [-0.05, 0) is 132 Å². The lowest BCUT2D eigenvalue weighted by molar-refractivity contribution is -0.147. The van der Waals surface area contributed by atoms with Crippen LogP contribution in [-0.4, -0.2) is 77.3 Å². The minimum Gasteiger partial charge on any atom is -0.469 e. The van der Waals surface area contributed by atoms with E-state index < -0.39 is 30.5 Å². The molecule has 0 radical (unpaired) electrons. The smallest absolute Gasteiger partial charge is 0.325 e. The maximum atomic E-state index is 13.7. The molecule has 294 valence electrons. The molecule has 56 heavy (non-hydrogen) atoms. The molecule has 4 aromatic rings. The number of benzene rings is 2. The van der Waals surface area contributed by atoms with Crippen molar-refractivity contribution >= 4 is 29.3 Å². The van der Waals surface area contributed by atoms with E-state index in [1.165, 1.54) is 14.2 Å². The molecule has 2 aromatic carbocycles. The first-order valence-electron chi connectivity index (χ1n) is 19.2.